The first-order chi connectivity index (χ1) is 10.6. The maximum absolute atomic E-state index is 12.2. The van der Waals surface area contributed by atoms with Crippen molar-refractivity contribution < 1.29 is 9.90 Å². The first kappa shape index (κ1) is 13.9. The zero-order chi connectivity index (χ0) is 15.5. The smallest absolute Gasteiger partial charge is 0.259 e. The van der Waals surface area contributed by atoms with Crippen molar-refractivity contribution in [3.05, 3.63) is 72.3 Å². The largest absolute Gasteiger partial charge is 0.507 e. The van der Waals surface area contributed by atoms with Gasteiger partial charge in [0, 0.05) is 23.8 Å². The van der Waals surface area contributed by atoms with Crippen molar-refractivity contribution in [1.29, 1.82) is 0 Å². The van der Waals surface area contributed by atoms with Crippen molar-refractivity contribution in [2.75, 3.05) is 5.32 Å². The lowest BCUT2D eigenvalue weighted by Gasteiger charge is -2.09. The van der Waals surface area contributed by atoms with E-state index in [4.69, 9.17) is 0 Å². The number of hydrogen-bond donors (Lipinski definition) is 2. The second-order valence-corrected chi connectivity index (χ2v) is 4.99. The van der Waals surface area contributed by atoms with Crippen molar-refractivity contribution in [2.45, 2.75) is 6.92 Å². The van der Waals surface area contributed by atoms with E-state index in [9.17, 15) is 9.90 Å². The van der Waals surface area contributed by atoms with E-state index < -0.39 is 0 Å². The van der Waals surface area contributed by atoms with Gasteiger partial charge in [-0.2, -0.15) is 0 Å². The minimum Gasteiger partial charge on any atom is -0.507 e. The first-order valence-electron chi connectivity index (χ1n) is 6.83. The summed E-state index contributed by atoms with van der Waals surface area (Å²) < 4.78 is 1.87. The number of amides is 1. The minimum atomic E-state index is -0.336. The van der Waals surface area contributed by atoms with E-state index in [0.29, 0.717) is 5.69 Å². The van der Waals surface area contributed by atoms with E-state index >= 15 is 0 Å². The van der Waals surface area contributed by atoms with E-state index in [2.05, 4.69) is 10.3 Å². The number of aryl methyl sites for hydroxylation is 1. The Bertz CT molecular complexity index is 793. The quantitative estimate of drug-likeness (QED) is 0.779. The molecule has 5 heteroatoms. The van der Waals surface area contributed by atoms with Gasteiger partial charge in [-0.25, -0.2) is 4.98 Å². The summed E-state index contributed by atoms with van der Waals surface area (Å²) in [6.07, 6.45) is 5.26. The summed E-state index contributed by atoms with van der Waals surface area (Å²) in [6, 6.07) is 12.3. The number of aromatic hydroxyl groups is 1. The third-order valence-electron chi connectivity index (χ3n) is 3.32. The Kier molecular flexibility index (Phi) is 3.62. The molecule has 0 spiro atoms. The third-order valence-corrected chi connectivity index (χ3v) is 3.32. The topological polar surface area (TPSA) is 67.2 Å². The second kappa shape index (κ2) is 5.73. The predicted octanol–water partition coefficient (Wildman–Crippen LogP) is 3.14. The lowest BCUT2D eigenvalue weighted by molar-refractivity contribution is 0.102. The highest BCUT2D eigenvalue weighted by Gasteiger charge is 2.11. The normalized spacial score (nSPS) is 10.4. The fourth-order valence-electron chi connectivity index (χ4n) is 2.16. The number of phenolic OH excluding ortho intramolecular Hbond substituents is 1. The summed E-state index contributed by atoms with van der Waals surface area (Å²) in [5.41, 5.74) is 2.79. The molecule has 5 nitrogen and oxygen atoms in total. The molecule has 0 aliphatic rings. The molecule has 2 aromatic carbocycles. The molecule has 1 heterocycles. The minimum absolute atomic E-state index is 0.0295. The fraction of sp³-hybridized carbons (Fsp3) is 0.0588. The molecule has 2 N–H and O–H groups in total. The molecule has 1 aromatic heterocycles. The molecular formula is C17H15N3O2. The number of anilines is 1. The molecule has 0 radical (unpaired) electrons. The standard InChI is InChI=1S/C17H15N3O2/c1-12-2-7-16(21)15(10-12)17(22)19-13-3-5-14(6-4-13)20-9-8-18-11-20/h2-11,21H,1H3,(H,19,22). The van der Waals surface area contributed by atoms with Crippen LogP contribution >= 0.6 is 0 Å². The Labute approximate surface area is 127 Å². The van der Waals surface area contributed by atoms with Gasteiger partial charge in [0.25, 0.3) is 5.91 Å². The summed E-state index contributed by atoms with van der Waals surface area (Å²) in [7, 11) is 0. The van der Waals surface area contributed by atoms with Crippen LogP contribution in [-0.4, -0.2) is 20.6 Å². The fourth-order valence-corrected chi connectivity index (χ4v) is 2.16. The highest BCUT2D eigenvalue weighted by Crippen LogP contribution is 2.20. The molecule has 3 rings (SSSR count). The highest BCUT2D eigenvalue weighted by molar-refractivity contribution is 6.06. The van der Waals surface area contributed by atoms with E-state index in [1.165, 1.54) is 6.07 Å². The SMILES string of the molecule is Cc1ccc(O)c(C(=O)Nc2ccc(-n3ccnc3)cc2)c1. The molecule has 3 aromatic rings. The van der Waals surface area contributed by atoms with E-state index in [0.717, 1.165) is 11.3 Å². The molecular weight excluding hydrogens is 278 g/mol. The van der Waals surface area contributed by atoms with Crippen LogP contribution in [0.2, 0.25) is 0 Å². The van der Waals surface area contributed by atoms with Crippen LogP contribution in [0.1, 0.15) is 15.9 Å². The van der Waals surface area contributed by atoms with Crippen molar-refractivity contribution in [2.24, 2.45) is 0 Å². The number of aromatic nitrogens is 2. The average Bonchev–Trinajstić information content (AvgIpc) is 3.05. The van der Waals surface area contributed by atoms with Gasteiger partial charge >= 0.3 is 0 Å². The van der Waals surface area contributed by atoms with Crippen LogP contribution in [0.25, 0.3) is 5.69 Å². The second-order valence-electron chi connectivity index (χ2n) is 4.99. The molecule has 0 unspecified atom stereocenters. The summed E-state index contributed by atoms with van der Waals surface area (Å²) in [5, 5.41) is 12.6. The van der Waals surface area contributed by atoms with Gasteiger partial charge in [0.1, 0.15) is 5.75 Å². The van der Waals surface area contributed by atoms with Gasteiger partial charge in [-0.05, 0) is 43.3 Å². The molecule has 0 atom stereocenters. The predicted molar refractivity (Wildman–Crippen MR) is 84.4 cm³/mol. The number of carbonyl (C=O) groups is 1. The number of benzene rings is 2. The average molecular weight is 293 g/mol. The number of nitrogens with zero attached hydrogens (tertiary/aromatic N) is 2. The summed E-state index contributed by atoms with van der Waals surface area (Å²) >= 11 is 0. The monoisotopic (exact) mass is 293 g/mol. The van der Waals surface area contributed by atoms with Gasteiger partial charge in [0.2, 0.25) is 0 Å². The van der Waals surface area contributed by atoms with Crippen LogP contribution in [0.5, 0.6) is 5.75 Å². The Balaban J connectivity index is 1.78. The maximum Gasteiger partial charge on any atom is 0.259 e. The Morgan fingerprint density at radius 2 is 1.95 bits per heavy atom. The number of rotatable bonds is 3. The molecule has 0 fully saturated rings. The highest BCUT2D eigenvalue weighted by atomic mass is 16.3. The number of imidazole rings is 1. The van der Waals surface area contributed by atoms with Gasteiger partial charge in [0.15, 0.2) is 0 Å². The Morgan fingerprint density at radius 3 is 2.64 bits per heavy atom. The number of carbonyl (C=O) groups excluding carboxylic acids is 1. The molecule has 0 bridgehead atoms. The van der Waals surface area contributed by atoms with E-state index in [-0.39, 0.29) is 17.2 Å². The molecule has 0 aliphatic carbocycles. The van der Waals surface area contributed by atoms with Gasteiger partial charge in [0.05, 0.1) is 11.9 Å². The number of hydrogen-bond acceptors (Lipinski definition) is 3. The van der Waals surface area contributed by atoms with Gasteiger partial charge in [-0.1, -0.05) is 11.6 Å². The van der Waals surface area contributed by atoms with Crippen molar-refractivity contribution in [3.63, 3.8) is 0 Å². The molecule has 1 amide bonds. The first-order valence-corrected chi connectivity index (χ1v) is 6.83. The van der Waals surface area contributed by atoms with Crippen LogP contribution < -0.4 is 5.32 Å². The van der Waals surface area contributed by atoms with Gasteiger partial charge < -0.3 is 15.0 Å². The van der Waals surface area contributed by atoms with Crippen LogP contribution in [0, 0.1) is 6.92 Å². The van der Waals surface area contributed by atoms with Crippen molar-refractivity contribution >= 4 is 11.6 Å². The van der Waals surface area contributed by atoms with Crippen molar-refractivity contribution in [3.8, 4) is 11.4 Å². The van der Waals surface area contributed by atoms with Crippen molar-refractivity contribution in [1.82, 2.24) is 9.55 Å². The molecule has 0 aliphatic heterocycles. The molecule has 110 valence electrons. The Hall–Kier alpha value is -3.08. The zero-order valence-electron chi connectivity index (χ0n) is 12.0. The summed E-state index contributed by atoms with van der Waals surface area (Å²) in [6.45, 7) is 1.87. The van der Waals surface area contributed by atoms with Gasteiger partial charge in [-0.15, -0.1) is 0 Å². The lowest BCUT2D eigenvalue weighted by Crippen LogP contribution is -2.12. The molecule has 0 saturated heterocycles. The Morgan fingerprint density at radius 1 is 1.18 bits per heavy atom. The van der Waals surface area contributed by atoms with Crippen LogP contribution in [0.3, 0.4) is 0 Å². The number of phenols is 1. The van der Waals surface area contributed by atoms with E-state index in [1.54, 1.807) is 36.8 Å². The molecule has 0 saturated carbocycles. The van der Waals surface area contributed by atoms with Crippen LogP contribution in [-0.2, 0) is 0 Å². The zero-order valence-corrected chi connectivity index (χ0v) is 12.0. The number of nitrogens with one attached hydrogen (secondary N) is 1. The van der Waals surface area contributed by atoms with Gasteiger partial charge in [-0.3, -0.25) is 4.79 Å². The lowest BCUT2D eigenvalue weighted by atomic mass is 10.1. The summed E-state index contributed by atoms with van der Waals surface area (Å²) in [4.78, 5) is 16.2. The van der Waals surface area contributed by atoms with E-state index in [1.807, 2.05) is 29.8 Å². The maximum atomic E-state index is 12.2. The third kappa shape index (κ3) is 2.83. The summed E-state index contributed by atoms with van der Waals surface area (Å²) in [5.74, 6) is -0.366. The molecule has 22 heavy (non-hydrogen) atoms. The van der Waals surface area contributed by atoms with Crippen LogP contribution in [0.15, 0.2) is 61.2 Å². The van der Waals surface area contributed by atoms with Crippen LogP contribution in [0.4, 0.5) is 5.69 Å².